The molecule has 102 valence electrons. The SMILES string of the molecule is CN1C(=O)CC(N)C1c1ccc(-c2ccccc2)cc1. The summed E-state index contributed by atoms with van der Waals surface area (Å²) in [6.07, 6.45) is 0.432. The van der Waals surface area contributed by atoms with Gasteiger partial charge in [-0.05, 0) is 16.7 Å². The van der Waals surface area contributed by atoms with Crippen LogP contribution in [-0.4, -0.2) is 23.9 Å². The van der Waals surface area contributed by atoms with Gasteiger partial charge in [0.05, 0.1) is 6.04 Å². The van der Waals surface area contributed by atoms with Gasteiger partial charge >= 0.3 is 0 Å². The summed E-state index contributed by atoms with van der Waals surface area (Å²) in [5.41, 5.74) is 9.55. The summed E-state index contributed by atoms with van der Waals surface area (Å²) in [5.74, 6) is 0.120. The fraction of sp³-hybridized carbons (Fsp3) is 0.235. The Morgan fingerprint density at radius 2 is 1.60 bits per heavy atom. The lowest BCUT2D eigenvalue weighted by molar-refractivity contribution is -0.127. The Hall–Kier alpha value is -2.13. The summed E-state index contributed by atoms with van der Waals surface area (Å²) in [6, 6.07) is 18.5. The van der Waals surface area contributed by atoms with Crippen molar-refractivity contribution >= 4 is 5.91 Å². The molecular formula is C17H18N2O. The van der Waals surface area contributed by atoms with Gasteiger partial charge in [-0.25, -0.2) is 0 Å². The van der Waals surface area contributed by atoms with Crippen molar-refractivity contribution in [2.45, 2.75) is 18.5 Å². The molecule has 0 aromatic heterocycles. The van der Waals surface area contributed by atoms with E-state index in [1.807, 2.05) is 25.2 Å². The van der Waals surface area contributed by atoms with Crippen molar-refractivity contribution in [3.63, 3.8) is 0 Å². The van der Waals surface area contributed by atoms with Crippen molar-refractivity contribution in [2.75, 3.05) is 7.05 Å². The van der Waals surface area contributed by atoms with Gasteiger partial charge in [-0.3, -0.25) is 4.79 Å². The van der Waals surface area contributed by atoms with E-state index in [9.17, 15) is 4.79 Å². The zero-order valence-electron chi connectivity index (χ0n) is 11.5. The minimum absolute atomic E-state index is 0.00711. The van der Waals surface area contributed by atoms with Crippen LogP contribution in [0.2, 0.25) is 0 Å². The number of nitrogens with zero attached hydrogens (tertiary/aromatic N) is 1. The summed E-state index contributed by atoms with van der Waals surface area (Å²) < 4.78 is 0. The van der Waals surface area contributed by atoms with Crippen molar-refractivity contribution in [1.29, 1.82) is 0 Å². The number of hydrogen-bond acceptors (Lipinski definition) is 2. The highest BCUT2D eigenvalue weighted by molar-refractivity contribution is 5.80. The minimum atomic E-state index is -0.116. The quantitative estimate of drug-likeness (QED) is 0.908. The fourth-order valence-corrected chi connectivity index (χ4v) is 2.87. The molecule has 2 unspecified atom stereocenters. The maximum atomic E-state index is 11.7. The molecule has 0 radical (unpaired) electrons. The van der Waals surface area contributed by atoms with Gasteiger partial charge in [0.1, 0.15) is 0 Å². The van der Waals surface area contributed by atoms with Crippen LogP contribution in [0.15, 0.2) is 54.6 Å². The normalized spacial score (nSPS) is 22.3. The number of nitrogens with two attached hydrogens (primary N) is 1. The van der Waals surface area contributed by atoms with Crippen LogP contribution in [0.1, 0.15) is 18.0 Å². The van der Waals surface area contributed by atoms with E-state index in [0.717, 1.165) is 5.56 Å². The first-order chi connectivity index (χ1) is 9.66. The molecule has 3 nitrogen and oxygen atoms in total. The van der Waals surface area contributed by atoms with Crippen molar-refractivity contribution < 1.29 is 4.79 Å². The third-order valence-corrected chi connectivity index (χ3v) is 3.99. The van der Waals surface area contributed by atoms with Crippen molar-refractivity contribution in [1.82, 2.24) is 4.90 Å². The number of likely N-dealkylation sites (tertiary alicyclic amines) is 1. The molecule has 20 heavy (non-hydrogen) atoms. The highest BCUT2D eigenvalue weighted by atomic mass is 16.2. The Balaban J connectivity index is 1.89. The lowest BCUT2D eigenvalue weighted by atomic mass is 9.97. The van der Waals surface area contributed by atoms with E-state index >= 15 is 0 Å². The second-order valence-electron chi connectivity index (χ2n) is 5.31. The number of hydrogen-bond donors (Lipinski definition) is 1. The number of carbonyl (C=O) groups is 1. The molecule has 1 aliphatic rings. The van der Waals surface area contributed by atoms with Crippen LogP contribution in [0.3, 0.4) is 0 Å². The second-order valence-corrected chi connectivity index (χ2v) is 5.31. The zero-order valence-corrected chi connectivity index (χ0v) is 11.5. The summed E-state index contributed by atoms with van der Waals surface area (Å²) >= 11 is 0. The van der Waals surface area contributed by atoms with Gasteiger partial charge in [-0.2, -0.15) is 0 Å². The molecule has 2 aromatic rings. The maximum Gasteiger partial charge on any atom is 0.224 e. The van der Waals surface area contributed by atoms with Crippen LogP contribution in [0.5, 0.6) is 0 Å². The number of carbonyl (C=O) groups excluding carboxylic acids is 1. The number of rotatable bonds is 2. The zero-order chi connectivity index (χ0) is 14.1. The predicted molar refractivity (Wildman–Crippen MR) is 80.0 cm³/mol. The second kappa shape index (κ2) is 5.10. The Kier molecular flexibility index (Phi) is 3.28. The molecule has 3 rings (SSSR count). The molecule has 1 aliphatic heterocycles. The molecule has 2 aromatic carbocycles. The number of benzene rings is 2. The number of amides is 1. The monoisotopic (exact) mass is 266 g/mol. The first-order valence-corrected chi connectivity index (χ1v) is 6.83. The standard InChI is InChI=1S/C17H18N2O/c1-19-16(20)11-15(18)17(19)14-9-7-13(8-10-14)12-5-3-2-4-6-12/h2-10,15,17H,11,18H2,1H3. The molecule has 3 heteroatoms. The van der Waals surface area contributed by atoms with Crippen LogP contribution in [0.25, 0.3) is 11.1 Å². The van der Waals surface area contributed by atoms with E-state index in [-0.39, 0.29) is 18.0 Å². The first-order valence-electron chi connectivity index (χ1n) is 6.83. The van der Waals surface area contributed by atoms with E-state index in [0.29, 0.717) is 6.42 Å². The predicted octanol–water partition coefficient (Wildman–Crippen LogP) is 2.58. The van der Waals surface area contributed by atoms with Gasteiger partial charge in [0.15, 0.2) is 0 Å². The van der Waals surface area contributed by atoms with E-state index in [1.165, 1.54) is 11.1 Å². The Morgan fingerprint density at radius 1 is 1.00 bits per heavy atom. The Bertz CT molecular complexity index is 607. The van der Waals surface area contributed by atoms with E-state index < -0.39 is 0 Å². The molecule has 2 N–H and O–H groups in total. The van der Waals surface area contributed by atoms with Crippen molar-refractivity contribution in [3.8, 4) is 11.1 Å². The van der Waals surface area contributed by atoms with Crippen molar-refractivity contribution in [3.05, 3.63) is 60.2 Å². The average molecular weight is 266 g/mol. The molecule has 1 amide bonds. The molecule has 1 heterocycles. The highest BCUT2D eigenvalue weighted by Crippen LogP contribution is 2.31. The maximum absolute atomic E-state index is 11.7. The summed E-state index contributed by atoms with van der Waals surface area (Å²) in [6.45, 7) is 0. The molecule has 2 atom stereocenters. The number of likely N-dealkylation sites (N-methyl/N-ethyl adjacent to an activating group) is 1. The Labute approximate surface area is 119 Å². The molecule has 0 saturated carbocycles. The lowest BCUT2D eigenvalue weighted by Gasteiger charge is -2.23. The van der Waals surface area contributed by atoms with Gasteiger partial charge in [-0.15, -0.1) is 0 Å². The lowest BCUT2D eigenvalue weighted by Crippen LogP contribution is -2.30. The van der Waals surface area contributed by atoms with Crippen molar-refractivity contribution in [2.24, 2.45) is 5.73 Å². The fourth-order valence-electron chi connectivity index (χ4n) is 2.87. The smallest absolute Gasteiger partial charge is 0.224 e. The van der Waals surface area contributed by atoms with E-state index in [4.69, 9.17) is 5.73 Å². The molecule has 0 aliphatic carbocycles. The van der Waals surface area contributed by atoms with Crippen LogP contribution < -0.4 is 5.73 Å². The van der Waals surface area contributed by atoms with Gasteiger partial charge in [-0.1, -0.05) is 54.6 Å². The van der Waals surface area contributed by atoms with Gasteiger partial charge in [0.2, 0.25) is 5.91 Å². The largest absolute Gasteiger partial charge is 0.337 e. The first kappa shape index (κ1) is 12.9. The minimum Gasteiger partial charge on any atom is -0.337 e. The molecule has 1 fully saturated rings. The van der Waals surface area contributed by atoms with Gasteiger partial charge < -0.3 is 10.6 Å². The van der Waals surface area contributed by atoms with E-state index in [2.05, 4.69) is 36.4 Å². The molecule has 1 saturated heterocycles. The average Bonchev–Trinajstić information content (AvgIpc) is 2.73. The van der Waals surface area contributed by atoms with Crippen LogP contribution in [0, 0.1) is 0 Å². The van der Waals surface area contributed by atoms with Gasteiger partial charge in [0, 0.05) is 19.5 Å². The summed E-state index contributed by atoms with van der Waals surface area (Å²) in [7, 11) is 1.82. The highest BCUT2D eigenvalue weighted by Gasteiger charge is 2.35. The summed E-state index contributed by atoms with van der Waals surface area (Å²) in [5, 5.41) is 0. The molecule has 0 spiro atoms. The Morgan fingerprint density at radius 3 is 2.15 bits per heavy atom. The van der Waals surface area contributed by atoms with E-state index in [1.54, 1.807) is 4.90 Å². The third kappa shape index (κ3) is 2.21. The molecular weight excluding hydrogens is 248 g/mol. The summed E-state index contributed by atoms with van der Waals surface area (Å²) in [4.78, 5) is 13.5. The molecule has 0 bridgehead atoms. The van der Waals surface area contributed by atoms with Crippen LogP contribution >= 0.6 is 0 Å². The van der Waals surface area contributed by atoms with Crippen LogP contribution in [0.4, 0.5) is 0 Å². The third-order valence-electron chi connectivity index (χ3n) is 3.99. The van der Waals surface area contributed by atoms with Crippen LogP contribution in [-0.2, 0) is 4.79 Å². The topological polar surface area (TPSA) is 46.3 Å². The van der Waals surface area contributed by atoms with Gasteiger partial charge in [0.25, 0.3) is 0 Å².